The molecule has 0 unspecified atom stereocenters. The molecule has 0 aromatic carbocycles. The van der Waals surface area contributed by atoms with Gasteiger partial charge in [-0.25, -0.2) is 9.97 Å². The van der Waals surface area contributed by atoms with E-state index in [1.807, 2.05) is 13.0 Å². The van der Waals surface area contributed by atoms with Crippen LogP contribution in [0.5, 0.6) is 0 Å². The van der Waals surface area contributed by atoms with Gasteiger partial charge < -0.3 is 0 Å². The van der Waals surface area contributed by atoms with Crippen molar-refractivity contribution in [2.75, 3.05) is 0 Å². The number of aromatic nitrogens is 2. The van der Waals surface area contributed by atoms with Crippen molar-refractivity contribution >= 4 is 6.08 Å². The van der Waals surface area contributed by atoms with Crippen molar-refractivity contribution in [3.63, 3.8) is 0 Å². The second-order valence-corrected chi connectivity index (χ2v) is 4.05. The summed E-state index contributed by atoms with van der Waals surface area (Å²) in [4.78, 5) is 9.21. The van der Waals surface area contributed by atoms with Gasteiger partial charge in [0.15, 0.2) is 0 Å². The first-order valence-electron chi connectivity index (χ1n) is 6.22. The van der Waals surface area contributed by atoms with Crippen LogP contribution in [-0.2, 0) is 12.8 Å². The van der Waals surface area contributed by atoms with E-state index in [0.717, 1.165) is 30.1 Å². The van der Waals surface area contributed by atoms with Gasteiger partial charge in [0, 0.05) is 12.1 Å². The fourth-order valence-electron chi connectivity index (χ4n) is 1.86. The SMILES string of the molecule is C/C=C/c1nc(CCCC)nc(C)c1CC. The van der Waals surface area contributed by atoms with Gasteiger partial charge in [0.25, 0.3) is 0 Å². The summed E-state index contributed by atoms with van der Waals surface area (Å²) in [6.45, 7) is 8.47. The van der Waals surface area contributed by atoms with Gasteiger partial charge in [-0.2, -0.15) is 0 Å². The molecule has 16 heavy (non-hydrogen) atoms. The molecule has 0 bridgehead atoms. The van der Waals surface area contributed by atoms with E-state index in [-0.39, 0.29) is 0 Å². The van der Waals surface area contributed by atoms with Crippen LogP contribution in [0.15, 0.2) is 6.08 Å². The fourth-order valence-corrected chi connectivity index (χ4v) is 1.86. The van der Waals surface area contributed by atoms with Gasteiger partial charge in [-0.05, 0) is 38.3 Å². The molecule has 0 saturated carbocycles. The minimum atomic E-state index is 0.990. The van der Waals surface area contributed by atoms with Gasteiger partial charge in [0.1, 0.15) is 5.82 Å². The molecule has 0 amide bonds. The molecule has 1 rings (SSSR count). The third-order valence-electron chi connectivity index (χ3n) is 2.72. The number of aryl methyl sites for hydroxylation is 2. The molecule has 0 aliphatic heterocycles. The molecule has 0 fully saturated rings. The molecular weight excluding hydrogens is 196 g/mol. The maximum atomic E-state index is 4.63. The maximum absolute atomic E-state index is 4.63. The Labute approximate surface area is 98.8 Å². The van der Waals surface area contributed by atoms with E-state index in [0.29, 0.717) is 0 Å². The molecule has 0 atom stereocenters. The zero-order valence-corrected chi connectivity index (χ0v) is 10.9. The van der Waals surface area contributed by atoms with Crippen LogP contribution in [0.1, 0.15) is 56.4 Å². The number of hydrogen-bond acceptors (Lipinski definition) is 2. The lowest BCUT2D eigenvalue weighted by molar-refractivity contribution is 0.742. The molecule has 1 heterocycles. The van der Waals surface area contributed by atoms with Crippen molar-refractivity contribution in [2.24, 2.45) is 0 Å². The highest BCUT2D eigenvalue weighted by Gasteiger charge is 2.07. The first-order chi connectivity index (χ1) is 7.72. The predicted molar refractivity (Wildman–Crippen MR) is 69.5 cm³/mol. The van der Waals surface area contributed by atoms with Crippen LogP contribution < -0.4 is 0 Å². The van der Waals surface area contributed by atoms with Crippen molar-refractivity contribution in [3.05, 3.63) is 28.9 Å². The fraction of sp³-hybridized carbons (Fsp3) is 0.571. The Kier molecular flexibility index (Phi) is 5.17. The zero-order valence-electron chi connectivity index (χ0n) is 10.9. The van der Waals surface area contributed by atoms with Gasteiger partial charge in [-0.15, -0.1) is 0 Å². The number of rotatable bonds is 5. The topological polar surface area (TPSA) is 25.8 Å². The third kappa shape index (κ3) is 3.16. The van der Waals surface area contributed by atoms with E-state index in [1.54, 1.807) is 0 Å². The average Bonchev–Trinajstić information content (AvgIpc) is 2.26. The number of unbranched alkanes of at least 4 members (excludes halogenated alkanes) is 1. The number of nitrogens with zero attached hydrogens (tertiary/aromatic N) is 2. The van der Waals surface area contributed by atoms with E-state index >= 15 is 0 Å². The second-order valence-electron chi connectivity index (χ2n) is 4.05. The summed E-state index contributed by atoms with van der Waals surface area (Å²) in [5.41, 5.74) is 3.51. The van der Waals surface area contributed by atoms with Gasteiger partial charge in [-0.1, -0.05) is 26.3 Å². The van der Waals surface area contributed by atoms with Gasteiger partial charge in [-0.3, -0.25) is 0 Å². The summed E-state index contributed by atoms with van der Waals surface area (Å²) in [5.74, 6) is 0.990. The average molecular weight is 218 g/mol. The quantitative estimate of drug-likeness (QED) is 0.752. The molecule has 88 valence electrons. The molecule has 2 nitrogen and oxygen atoms in total. The van der Waals surface area contributed by atoms with E-state index in [9.17, 15) is 0 Å². The Balaban J connectivity index is 3.07. The highest BCUT2D eigenvalue weighted by atomic mass is 14.9. The van der Waals surface area contributed by atoms with E-state index in [2.05, 4.69) is 36.8 Å². The summed E-state index contributed by atoms with van der Waals surface area (Å²) in [6, 6.07) is 0. The standard InChI is InChI=1S/C14H22N2/c1-5-8-10-14-15-11(4)12(7-3)13(16-14)9-6-2/h6,9H,5,7-8,10H2,1-4H3/b9-6+. The van der Waals surface area contributed by atoms with Crippen LogP contribution in [-0.4, -0.2) is 9.97 Å². The first kappa shape index (κ1) is 12.9. The van der Waals surface area contributed by atoms with E-state index in [4.69, 9.17) is 0 Å². The van der Waals surface area contributed by atoms with Crippen LogP contribution in [0.4, 0.5) is 0 Å². The first-order valence-corrected chi connectivity index (χ1v) is 6.22. The summed E-state index contributed by atoms with van der Waals surface area (Å²) in [6.07, 6.45) is 8.48. The molecule has 1 aromatic rings. The highest BCUT2D eigenvalue weighted by Crippen LogP contribution is 2.14. The molecule has 0 spiro atoms. The molecular formula is C14H22N2. The molecule has 2 heteroatoms. The van der Waals surface area contributed by atoms with Crippen LogP contribution in [0.3, 0.4) is 0 Å². The van der Waals surface area contributed by atoms with Crippen LogP contribution in [0.2, 0.25) is 0 Å². The summed E-state index contributed by atoms with van der Waals surface area (Å²) in [7, 11) is 0. The Bertz CT molecular complexity index is 367. The summed E-state index contributed by atoms with van der Waals surface area (Å²) in [5, 5.41) is 0. The smallest absolute Gasteiger partial charge is 0.129 e. The Morgan fingerprint density at radius 2 is 1.94 bits per heavy atom. The minimum Gasteiger partial charge on any atom is -0.238 e. The third-order valence-corrected chi connectivity index (χ3v) is 2.72. The van der Waals surface area contributed by atoms with Crippen LogP contribution >= 0.6 is 0 Å². The van der Waals surface area contributed by atoms with Crippen molar-refractivity contribution in [1.82, 2.24) is 9.97 Å². The van der Waals surface area contributed by atoms with Gasteiger partial charge in [0.05, 0.1) is 5.69 Å². The highest BCUT2D eigenvalue weighted by molar-refractivity contribution is 5.50. The molecule has 1 aromatic heterocycles. The summed E-state index contributed by atoms with van der Waals surface area (Å²) < 4.78 is 0. The number of allylic oxidation sites excluding steroid dienone is 1. The minimum absolute atomic E-state index is 0.990. The maximum Gasteiger partial charge on any atom is 0.129 e. The second kappa shape index (κ2) is 6.41. The zero-order chi connectivity index (χ0) is 12.0. The lowest BCUT2D eigenvalue weighted by Crippen LogP contribution is -2.04. The molecule has 0 aliphatic rings. The molecule has 0 radical (unpaired) electrons. The lowest BCUT2D eigenvalue weighted by atomic mass is 10.1. The van der Waals surface area contributed by atoms with Crippen molar-refractivity contribution in [3.8, 4) is 0 Å². The predicted octanol–water partition coefficient (Wildman–Crippen LogP) is 3.72. The molecule has 0 aliphatic carbocycles. The lowest BCUT2D eigenvalue weighted by Gasteiger charge is -2.09. The van der Waals surface area contributed by atoms with Crippen molar-refractivity contribution in [2.45, 2.75) is 53.4 Å². The Hall–Kier alpha value is -1.18. The molecule has 0 N–H and O–H groups in total. The van der Waals surface area contributed by atoms with Gasteiger partial charge >= 0.3 is 0 Å². The Morgan fingerprint density at radius 3 is 2.50 bits per heavy atom. The van der Waals surface area contributed by atoms with E-state index in [1.165, 1.54) is 18.4 Å². The largest absolute Gasteiger partial charge is 0.238 e. The Morgan fingerprint density at radius 1 is 1.19 bits per heavy atom. The van der Waals surface area contributed by atoms with E-state index < -0.39 is 0 Å². The molecule has 0 saturated heterocycles. The van der Waals surface area contributed by atoms with Crippen molar-refractivity contribution < 1.29 is 0 Å². The summed E-state index contributed by atoms with van der Waals surface area (Å²) >= 11 is 0. The van der Waals surface area contributed by atoms with Crippen LogP contribution in [0, 0.1) is 6.92 Å². The van der Waals surface area contributed by atoms with Gasteiger partial charge in [0.2, 0.25) is 0 Å². The van der Waals surface area contributed by atoms with Crippen molar-refractivity contribution in [1.29, 1.82) is 0 Å². The normalized spacial score (nSPS) is 11.2. The van der Waals surface area contributed by atoms with Crippen LogP contribution in [0.25, 0.3) is 6.08 Å². The monoisotopic (exact) mass is 218 g/mol. The number of hydrogen-bond donors (Lipinski definition) is 0.